The second kappa shape index (κ2) is 7.99. The lowest BCUT2D eigenvalue weighted by atomic mass is 9.90. The number of hydrogen-bond acceptors (Lipinski definition) is 4. The van der Waals surface area contributed by atoms with Crippen LogP contribution < -0.4 is 5.32 Å². The van der Waals surface area contributed by atoms with Gasteiger partial charge in [-0.1, -0.05) is 13.8 Å². The molecule has 0 aliphatic carbocycles. The molecule has 1 saturated heterocycles. The summed E-state index contributed by atoms with van der Waals surface area (Å²) >= 11 is 0. The minimum Gasteiger partial charge on any atom is -0.465 e. The topological polar surface area (TPSA) is 41.6 Å². The molecule has 20 heavy (non-hydrogen) atoms. The molecule has 0 spiro atoms. The quantitative estimate of drug-likeness (QED) is 0.761. The number of nitrogens with one attached hydrogen (secondary N) is 1. The molecule has 0 bridgehead atoms. The Morgan fingerprint density at radius 2 is 1.95 bits per heavy atom. The Labute approximate surface area is 124 Å². The molecule has 0 amide bonds. The van der Waals surface area contributed by atoms with Crippen molar-refractivity contribution in [2.24, 2.45) is 5.92 Å². The van der Waals surface area contributed by atoms with Crippen molar-refractivity contribution in [3.63, 3.8) is 0 Å². The first-order valence-electron chi connectivity index (χ1n) is 8.07. The molecule has 4 nitrogen and oxygen atoms in total. The van der Waals surface area contributed by atoms with Gasteiger partial charge >= 0.3 is 5.97 Å². The largest absolute Gasteiger partial charge is 0.465 e. The van der Waals surface area contributed by atoms with Gasteiger partial charge in [0.25, 0.3) is 0 Å². The molecule has 0 saturated carbocycles. The predicted molar refractivity (Wildman–Crippen MR) is 82.8 cm³/mol. The summed E-state index contributed by atoms with van der Waals surface area (Å²) in [5.74, 6) is 0.469. The summed E-state index contributed by atoms with van der Waals surface area (Å²) in [6.07, 6.45) is 2.76. The lowest BCUT2D eigenvalue weighted by Gasteiger charge is -2.32. The maximum Gasteiger partial charge on any atom is 0.326 e. The Bertz CT molecular complexity index is 305. The third-order valence-corrected chi connectivity index (χ3v) is 4.12. The third kappa shape index (κ3) is 4.74. The van der Waals surface area contributed by atoms with Gasteiger partial charge in [0.1, 0.15) is 5.54 Å². The van der Waals surface area contributed by atoms with Gasteiger partial charge in [-0.15, -0.1) is 0 Å². The van der Waals surface area contributed by atoms with Gasteiger partial charge in [-0.2, -0.15) is 0 Å². The van der Waals surface area contributed by atoms with Crippen molar-refractivity contribution < 1.29 is 9.53 Å². The van der Waals surface area contributed by atoms with Gasteiger partial charge in [-0.25, -0.2) is 0 Å². The first-order valence-corrected chi connectivity index (χ1v) is 8.07. The summed E-state index contributed by atoms with van der Waals surface area (Å²) in [6.45, 7) is 14.0. The standard InChI is InChI=1S/C16H32N2O2/c1-6-20-15(19)16(17-12-13(2)3)8-7-10-18(11-9-16)14(4)5/h13-14,17H,6-12H2,1-5H3. The maximum absolute atomic E-state index is 12.5. The molecule has 0 radical (unpaired) electrons. The zero-order valence-corrected chi connectivity index (χ0v) is 13.9. The number of ether oxygens (including phenoxy) is 1. The van der Waals surface area contributed by atoms with Gasteiger partial charge < -0.3 is 15.0 Å². The van der Waals surface area contributed by atoms with Crippen LogP contribution in [0.5, 0.6) is 0 Å². The highest BCUT2D eigenvalue weighted by Crippen LogP contribution is 2.25. The van der Waals surface area contributed by atoms with Crippen LogP contribution in [0.3, 0.4) is 0 Å². The average molecular weight is 284 g/mol. The Kier molecular flexibility index (Phi) is 6.96. The number of esters is 1. The van der Waals surface area contributed by atoms with Crippen LogP contribution in [0, 0.1) is 5.92 Å². The molecule has 118 valence electrons. The third-order valence-electron chi connectivity index (χ3n) is 4.12. The summed E-state index contributed by atoms with van der Waals surface area (Å²) < 4.78 is 5.35. The molecule has 1 aliphatic heterocycles. The fraction of sp³-hybridized carbons (Fsp3) is 0.938. The molecule has 4 heteroatoms. The van der Waals surface area contributed by atoms with E-state index in [1.165, 1.54) is 0 Å². The monoisotopic (exact) mass is 284 g/mol. The van der Waals surface area contributed by atoms with Gasteiger partial charge in [-0.05, 0) is 59.0 Å². The summed E-state index contributed by atoms with van der Waals surface area (Å²) in [7, 11) is 0. The number of carbonyl (C=O) groups is 1. The van der Waals surface area contributed by atoms with Gasteiger partial charge in [-0.3, -0.25) is 4.79 Å². The Morgan fingerprint density at radius 1 is 1.25 bits per heavy atom. The summed E-state index contributed by atoms with van der Waals surface area (Å²) in [5.41, 5.74) is -0.482. The highest BCUT2D eigenvalue weighted by molar-refractivity contribution is 5.81. The van der Waals surface area contributed by atoms with Crippen molar-refractivity contribution in [1.82, 2.24) is 10.2 Å². The summed E-state index contributed by atoms with van der Waals surface area (Å²) in [4.78, 5) is 14.9. The molecule has 0 aromatic carbocycles. The zero-order chi connectivity index (χ0) is 15.2. The number of likely N-dealkylation sites (tertiary alicyclic amines) is 1. The lowest BCUT2D eigenvalue weighted by molar-refractivity contribution is -0.152. The van der Waals surface area contributed by atoms with Crippen LogP contribution in [-0.2, 0) is 9.53 Å². The molecule has 1 heterocycles. The number of nitrogens with zero attached hydrogens (tertiary/aromatic N) is 1. The van der Waals surface area contributed by atoms with Gasteiger partial charge in [0.2, 0.25) is 0 Å². The van der Waals surface area contributed by atoms with E-state index in [2.05, 4.69) is 37.9 Å². The minimum absolute atomic E-state index is 0.0637. The second-order valence-electron chi connectivity index (χ2n) is 6.56. The Morgan fingerprint density at radius 3 is 2.50 bits per heavy atom. The van der Waals surface area contributed by atoms with E-state index >= 15 is 0 Å². The van der Waals surface area contributed by atoms with Gasteiger partial charge in [0.05, 0.1) is 6.61 Å². The van der Waals surface area contributed by atoms with Crippen LogP contribution in [-0.4, -0.2) is 48.7 Å². The van der Waals surface area contributed by atoms with Crippen LogP contribution in [0.1, 0.15) is 53.9 Å². The van der Waals surface area contributed by atoms with E-state index in [9.17, 15) is 4.79 Å². The summed E-state index contributed by atoms with van der Waals surface area (Å²) in [6, 6.07) is 0.540. The molecular formula is C16H32N2O2. The highest BCUT2D eigenvalue weighted by Gasteiger charge is 2.41. The van der Waals surface area contributed by atoms with Gasteiger partial charge in [0, 0.05) is 12.6 Å². The maximum atomic E-state index is 12.5. The first-order chi connectivity index (χ1) is 9.41. The lowest BCUT2D eigenvalue weighted by Crippen LogP contribution is -2.54. The van der Waals surface area contributed by atoms with Crippen molar-refractivity contribution in [3.05, 3.63) is 0 Å². The molecule has 0 aromatic heterocycles. The van der Waals surface area contributed by atoms with Crippen LogP contribution in [0.4, 0.5) is 0 Å². The van der Waals surface area contributed by atoms with E-state index in [4.69, 9.17) is 4.74 Å². The number of hydrogen-bond donors (Lipinski definition) is 1. The van der Waals surface area contributed by atoms with E-state index in [0.29, 0.717) is 18.6 Å². The second-order valence-corrected chi connectivity index (χ2v) is 6.56. The van der Waals surface area contributed by atoms with E-state index in [-0.39, 0.29) is 5.97 Å². The Balaban J connectivity index is 2.79. The summed E-state index contributed by atoms with van der Waals surface area (Å²) in [5, 5.41) is 3.52. The minimum atomic E-state index is -0.482. The molecule has 1 unspecified atom stereocenters. The Hall–Kier alpha value is -0.610. The van der Waals surface area contributed by atoms with E-state index in [1.807, 2.05) is 6.92 Å². The molecule has 1 aliphatic rings. The molecule has 1 N–H and O–H groups in total. The first kappa shape index (κ1) is 17.4. The van der Waals surface area contributed by atoms with Crippen molar-refractivity contribution >= 4 is 5.97 Å². The fourth-order valence-corrected chi connectivity index (χ4v) is 2.79. The zero-order valence-electron chi connectivity index (χ0n) is 13.9. The normalized spacial score (nSPS) is 24.9. The smallest absolute Gasteiger partial charge is 0.326 e. The SMILES string of the molecule is CCOC(=O)C1(NCC(C)C)CCCN(C(C)C)CC1. The van der Waals surface area contributed by atoms with Crippen molar-refractivity contribution in [1.29, 1.82) is 0 Å². The van der Waals surface area contributed by atoms with E-state index in [1.54, 1.807) is 0 Å². The van der Waals surface area contributed by atoms with Gasteiger partial charge in [0.15, 0.2) is 0 Å². The van der Waals surface area contributed by atoms with E-state index < -0.39 is 5.54 Å². The van der Waals surface area contributed by atoms with Crippen LogP contribution in [0.2, 0.25) is 0 Å². The van der Waals surface area contributed by atoms with Crippen LogP contribution >= 0.6 is 0 Å². The van der Waals surface area contributed by atoms with E-state index in [0.717, 1.165) is 38.9 Å². The van der Waals surface area contributed by atoms with Crippen molar-refractivity contribution in [3.8, 4) is 0 Å². The fourth-order valence-electron chi connectivity index (χ4n) is 2.79. The average Bonchev–Trinajstić information content (AvgIpc) is 2.60. The van der Waals surface area contributed by atoms with Crippen LogP contribution in [0.25, 0.3) is 0 Å². The number of rotatable bonds is 6. The van der Waals surface area contributed by atoms with Crippen molar-refractivity contribution in [2.45, 2.75) is 65.5 Å². The number of carbonyl (C=O) groups excluding carboxylic acids is 1. The molecule has 0 aromatic rings. The molecular weight excluding hydrogens is 252 g/mol. The van der Waals surface area contributed by atoms with Crippen molar-refractivity contribution in [2.75, 3.05) is 26.2 Å². The predicted octanol–water partition coefficient (Wildman–Crippen LogP) is 2.43. The molecule has 1 fully saturated rings. The molecule has 1 rings (SSSR count). The molecule has 1 atom stereocenters. The van der Waals surface area contributed by atoms with Crippen LogP contribution in [0.15, 0.2) is 0 Å². The highest BCUT2D eigenvalue weighted by atomic mass is 16.5.